The predicted octanol–water partition coefficient (Wildman–Crippen LogP) is 5.57. The van der Waals surface area contributed by atoms with E-state index in [2.05, 4.69) is 78.8 Å². The van der Waals surface area contributed by atoms with Crippen LogP contribution in [-0.2, 0) is 6.54 Å². The van der Waals surface area contributed by atoms with Crippen LogP contribution in [0.25, 0.3) is 0 Å². The van der Waals surface area contributed by atoms with Gasteiger partial charge in [-0.05, 0) is 64.9 Å². The molecule has 1 heterocycles. The molecule has 25 heavy (non-hydrogen) atoms. The Bertz CT molecular complexity index is 873. The third-order valence-corrected chi connectivity index (χ3v) is 4.83. The van der Waals surface area contributed by atoms with E-state index in [-0.39, 0.29) is 0 Å². The van der Waals surface area contributed by atoms with E-state index in [1.54, 1.807) is 0 Å². The van der Waals surface area contributed by atoms with E-state index in [0.717, 1.165) is 14.6 Å². The highest BCUT2D eigenvalue weighted by Gasteiger charge is 2.09. The average molecular weight is 480 g/mol. The molecule has 0 amide bonds. The van der Waals surface area contributed by atoms with Gasteiger partial charge in [0, 0.05) is 16.4 Å². The molecule has 0 saturated carbocycles. The summed E-state index contributed by atoms with van der Waals surface area (Å²) in [6.07, 6.45) is 1.93. The fourth-order valence-electron chi connectivity index (χ4n) is 2.25. The lowest BCUT2D eigenvalue weighted by molar-refractivity contribution is 0.689. The number of nitrogens with zero attached hydrogens (tertiary/aromatic N) is 2. The molecule has 0 fully saturated rings. The predicted molar refractivity (Wildman–Crippen MR) is 114 cm³/mol. The number of hydrogen-bond acceptors (Lipinski definition) is 2. The number of thiocarbonyl (C=S) groups is 1. The number of rotatable bonds is 4. The Balaban J connectivity index is 1.64. The van der Waals surface area contributed by atoms with Gasteiger partial charge in [0.25, 0.3) is 0 Å². The molecule has 0 radical (unpaired) electrons. The van der Waals surface area contributed by atoms with Crippen molar-refractivity contribution < 1.29 is 0 Å². The number of aromatic nitrogens is 2. The zero-order chi connectivity index (χ0) is 17.8. The third-order valence-electron chi connectivity index (χ3n) is 3.52. The molecule has 0 atom stereocenters. The summed E-state index contributed by atoms with van der Waals surface area (Å²) in [5.41, 5.74) is 3.36. The third kappa shape index (κ3) is 5.14. The molecule has 1 aromatic heterocycles. The number of halogens is 2. The van der Waals surface area contributed by atoms with Crippen LogP contribution in [0.3, 0.4) is 0 Å². The van der Waals surface area contributed by atoms with Crippen LogP contribution in [0.15, 0.2) is 63.7 Å². The lowest BCUT2D eigenvalue weighted by Crippen LogP contribution is -2.19. The summed E-state index contributed by atoms with van der Waals surface area (Å²) in [6, 6.07) is 16.2. The Morgan fingerprint density at radius 3 is 2.40 bits per heavy atom. The SMILES string of the molecule is Cc1ccc(Cn2cc(Br)c(NC(=S)Nc3ccc(Br)cc3)n2)cc1. The summed E-state index contributed by atoms with van der Waals surface area (Å²) in [5.74, 6) is 0.682. The molecule has 128 valence electrons. The Morgan fingerprint density at radius 1 is 1.04 bits per heavy atom. The van der Waals surface area contributed by atoms with Gasteiger partial charge in [0.1, 0.15) is 0 Å². The molecule has 0 saturated heterocycles. The summed E-state index contributed by atoms with van der Waals surface area (Å²) in [7, 11) is 0. The zero-order valence-corrected chi connectivity index (χ0v) is 17.5. The van der Waals surface area contributed by atoms with Crippen LogP contribution < -0.4 is 10.6 Å². The van der Waals surface area contributed by atoms with E-state index in [9.17, 15) is 0 Å². The van der Waals surface area contributed by atoms with E-state index in [0.29, 0.717) is 17.5 Å². The molecule has 2 aromatic carbocycles. The maximum atomic E-state index is 5.36. The van der Waals surface area contributed by atoms with Gasteiger partial charge in [-0.1, -0.05) is 45.8 Å². The second-order valence-electron chi connectivity index (χ2n) is 5.59. The van der Waals surface area contributed by atoms with Crippen molar-refractivity contribution in [3.05, 3.63) is 74.8 Å². The van der Waals surface area contributed by atoms with Crippen molar-refractivity contribution in [1.82, 2.24) is 9.78 Å². The molecule has 0 aliphatic rings. The van der Waals surface area contributed by atoms with Crippen molar-refractivity contribution in [1.29, 1.82) is 0 Å². The van der Waals surface area contributed by atoms with Gasteiger partial charge >= 0.3 is 0 Å². The topological polar surface area (TPSA) is 41.9 Å². The maximum absolute atomic E-state index is 5.36. The minimum absolute atomic E-state index is 0.489. The first-order valence-electron chi connectivity index (χ1n) is 7.62. The van der Waals surface area contributed by atoms with Gasteiger partial charge in [-0.3, -0.25) is 4.68 Å². The van der Waals surface area contributed by atoms with Crippen molar-refractivity contribution in [2.75, 3.05) is 10.6 Å². The van der Waals surface area contributed by atoms with Crippen LogP contribution in [0.4, 0.5) is 11.5 Å². The average Bonchev–Trinajstić information content (AvgIpc) is 2.91. The smallest absolute Gasteiger partial charge is 0.176 e. The van der Waals surface area contributed by atoms with Gasteiger partial charge < -0.3 is 10.6 Å². The largest absolute Gasteiger partial charge is 0.332 e. The van der Waals surface area contributed by atoms with Gasteiger partial charge in [0.2, 0.25) is 0 Å². The van der Waals surface area contributed by atoms with E-state index in [1.807, 2.05) is 35.1 Å². The number of anilines is 2. The van der Waals surface area contributed by atoms with Crippen LogP contribution in [0, 0.1) is 6.92 Å². The Labute approximate surface area is 168 Å². The maximum Gasteiger partial charge on any atom is 0.176 e. The summed E-state index contributed by atoms with van der Waals surface area (Å²) in [6.45, 7) is 2.78. The van der Waals surface area contributed by atoms with Gasteiger partial charge in [-0.25, -0.2) is 0 Å². The summed E-state index contributed by atoms with van der Waals surface area (Å²) < 4.78 is 3.76. The molecule has 0 aliphatic carbocycles. The summed E-state index contributed by atoms with van der Waals surface area (Å²) >= 11 is 12.3. The molecule has 3 aromatic rings. The highest BCUT2D eigenvalue weighted by atomic mass is 79.9. The van der Waals surface area contributed by atoms with E-state index < -0.39 is 0 Å². The van der Waals surface area contributed by atoms with Gasteiger partial charge in [-0.2, -0.15) is 5.10 Å². The van der Waals surface area contributed by atoms with Crippen LogP contribution >= 0.6 is 44.1 Å². The van der Waals surface area contributed by atoms with Crippen molar-refractivity contribution in [3.63, 3.8) is 0 Å². The van der Waals surface area contributed by atoms with E-state index in [1.165, 1.54) is 11.1 Å². The number of aryl methyl sites for hydroxylation is 1. The molecule has 0 bridgehead atoms. The zero-order valence-electron chi connectivity index (χ0n) is 13.5. The Kier molecular flexibility index (Phi) is 5.88. The molecule has 0 unspecified atom stereocenters. The molecule has 2 N–H and O–H groups in total. The van der Waals surface area contributed by atoms with Crippen molar-refractivity contribution >= 4 is 60.7 Å². The van der Waals surface area contributed by atoms with Crippen LogP contribution in [0.5, 0.6) is 0 Å². The normalized spacial score (nSPS) is 10.5. The van der Waals surface area contributed by atoms with E-state index in [4.69, 9.17) is 12.2 Å². The molecule has 0 aliphatic heterocycles. The lowest BCUT2D eigenvalue weighted by atomic mass is 10.1. The van der Waals surface area contributed by atoms with Crippen molar-refractivity contribution in [2.45, 2.75) is 13.5 Å². The molecule has 0 spiro atoms. The molecule has 7 heteroatoms. The van der Waals surface area contributed by atoms with Gasteiger partial charge in [0.15, 0.2) is 10.9 Å². The number of hydrogen-bond donors (Lipinski definition) is 2. The van der Waals surface area contributed by atoms with Gasteiger partial charge in [0.05, 0.1) is 11.0 Å². The van der Waals surface area contributed by atoms with Crippen LogP contribution in [-0.4, -0.2) is 14.9 Å². The molecule has 3 rings (SSSR count). The van der Waals surface area contributed by atoms with Crippen LogP contribution in [0.2, 0.25) is 0 Å². The van der Waals surface area contributed by atoms with Crippen LogP contribution in [0.1, 0.15) is 11.1 Å². The van der Waals surface area contributed by atoms with Gasteiger partial charge in [-0.15, -0.1) is 0 Å². The minimum atomic E-state index is 0.489. The summed E-state index contributed by atoms with van der Waals surface area (Å²) in [5, 5.41) is 11.3. The first kappa shape index (κ1) is 18.1. The molecular formula is C18H16Br2N4S. The Morgan fingerprint density at radius 2 is 1.72 bits per heavy atom. The van der Waals surface area contributed by atoms with E-state index >= 15 is 0 Å². The Hall–Kier alpha value is -1.70. The lowest BCUT2D eigenvalue weighted by Gasteiger charge is -2.09. The first-order valence-corrected chi connectivity index (χ1v) is 9.61. The number of nitrogens with one attached hydrogen (secondary N) is 2. The quantitative estimate of drug-likeness (QED) is 0.479. The fourth-order valence-corrected chi connectivity index (χ4v) is 3.14. The summed E-state index contributed by atoms with van der Waals surface area (Å²) in [4.78, 5) is 0. The second kappa shape index (κ2) is 8.12. The number of benzene rings is 2. The van der Waals surface area contributed by atoms with Crippen molar-refractivity contribution in [2.24, 2.45) is 0 Å². The minimum Gasteiger partial charge on any atom is -0.332 e. The first-order chi connectivity index (χ1) is 12.0. The second-order valence-corrected chi connectivity index (χ2v) is 7.77. The molecule has 4 nitrogen and oxygen atoms in total. The highest BCUT2D eigenvalue weighted by Crippen LogP contribution is 2.21. The highest BCUT2D eigenvalue weighted by molar-refractivity contribution is 9.10. The standard InChI is InChI=1S/C18H16Br2N4S/c1-12-2-4-13(5-3-12)10-24-11-16(20)17(23-24)22-18(25)21-15-8-6-14(19)7-9-15/h2-9,11H,10H2,1H3,(H2,21,22,23,25). The monoisotopic (exact) mass is 478 g/mol. The van der Waals surface area contributed by atoms with Crippen molar-refractivity contribution in [3.8, 4) is 0 Å². The fraction of sp³-hybridized carbons (Fsp3) is 0.111. The molecular weight excluding hydrogens is 464 g/mol.